The topological polar surface area (TPSA) is 104 Å². The van der Waals surface area contributed by atoms with Crippen LogP contribution in [0.5, 0.6) is 0 Å². The number of pyridine rings is 1. The minimum atomic E-state index is -0.914. The number of carboxylic acid groups (broad SMARTS) is 1. The van der Waals surface area contributed by atoms with Crippen molar-refractivity contribution < 1.29 is 14.7 Å². The van der Waals surface area contributed by atoms with E-state index in [0.29, 0.717) is 32.6 Å². The SMILES string of the molecule is CC(=O)N1CCC(n2nc(-c3cccc4cc(-c5cnc(C)s5)ncc34)c3c2CCN(C(=O)O)C3)CC1. The van der Waals surface area contributed by atoms with E-state index in [-0.39, 0.29) is 11.9 Å². The largest absolute Gasteiger partial charge is 0.465 e. The number of aromatic nitrogens is 4. The predicted molar refractivity (Wildman–Crippen MR) is 141 cm³/mol. The lowest BCUT2D eigenvalue weighted by Gasteiger charge is -2.33. The third kappa shape index (κ3) is 4.25. The van der Waals surface area contributed by atoms with Gasteiger partial charge in [-0.2, -0.15) is 5.10 Å². The van der Waals surface area contributed by atoms with E-state index >= 15 is 0 Å². The van der Waals surface area contributed by atoms with Gasteiger partial charge in [-0.1, -0.05) is 18.2 Å². The number of hydrogen-bond donors (Lipinski definition) is 1. The Morgan fingerprint density at radius 2 is 1.89 bits per heavy atom. The van der Waals surface area contributed by atoms with Gasteiger partial charge in [-0.3, -0.25) is 14.5 Å². The van der Waals surface area contributed by atoms with Crippen molar-refractivity contribution in [2.45, 2.75) is 45.7 Å². The number of rotatable bonds is 3. The molecule has 9 nitrogen and oxygen atoms in total. The number of hydrogen-bond acceptors (Lipinski definition) is 6. The van der Waals surface area contributed by atoms with Crippen molar-refractivity contribution in [3.63, 3.8) is 0 Å². The molecule has 3 aromatic heterocycles. The van der Waals surface area contributed by atoms with Crippen LogP contribution < -0.4 is 0 Å². The van der Waals surface area contributed by atoms with Crippen molar-refractivity contribution in [2.24, 2.45) is 0 Å². The first-order valence-corrected chi connectivity index (χ1v) is 13.4. The van der Waals surface area contributed by atoms with Crippen molar-refractivity contribution in [1.29, 1.82) is 0 Å². The van der Waals surface area contributed by atoms with Crippen molar-refractivity contribution in [2.75, 3.05) is 19.6 Å². The number of fused-ring (bicyclic) bond motifs is 2. The summed E-state index contributed by atoms with van der Waals surface area (Å²) in [6.45, 7) is 5.79. The van der Waals surface area contributed by atoms with E-state index in [1.54, 1.807) is 18.3 Å². The Labute approximate surface area is 218 Å². The third-order valence-electron chi connectivity index (χ3n) is 7.51. The quantitative estimate of drug-likeness (QED) is 0.421. The number of likely N-dealkylation sites (tertiary alicyclic amines) is 1. The zero-order chi connectivity index (χ0) is 25.7. The highest BCUT2D eigenvalue weighted by atomic mass is 32.1. The van der Waals surface area contributed by atoms with Crippen LogP contribution in [0, 0.1) is 6.92 Å². The van der Waals surface area contributed by atoms with Crippen LogP contribution in [0.4, 0.5) is 4.79 Å². The molecule has 2 aliphatic heterocycles. The molecule has 5 heterocycles. The third-order valence-corrected chi connectivity index (χ3v) is 8.44. The molecule has 6 rings (SSSR count). The normalized spacial score (nSPS) is 16.3. The molecule has 0 atom stereocenters. The molecule has 10 heteroatoms. The van der Waals surface area contributed by atoms with E-state index in [1.165, 1.54) is 4.90 Å². The second-order valence-corrected chi connectivity index (χ2v) is 11.0. The number of carbonyl (C=O) groups excluding carboxylic acids is 1. The van der Waals surface area contributed by atoms with Crippen LogP contribution in [0.1, 0.15) is 42.1 Å². The van der Waals surface area contributed by atoms with E-state index in [1.807, 2.05) is 36.4 Å². The Hall–Kier alpha value is -3.79. The minimum Gasteiger partial charge on any atom is -0.465 e. The molecule has 1 aromatic carbocycles. The molecule has 0 radical (unpaired) electrons. The van der Waals surface area contributed by atoms with Gasteiger partial charge in [-0.15, -0.1) is 11.3 Å². The molecule has 1 fully saturated rings. The van der Waals surface area contributed by atoms with Gasteiger partial charge in [0.1, 0.15) is 0 Å². The first-order chi connectivity index (χ1) is 17.9. The second-order valence-electron chi connectivity index (χ2n) is 9.75. The zero-order valence-electron chi connectivity index (χ0n) is 20.8. The van der Waals surface area contributed by atoms with Gasteiger partial charge < -0.3 is 14.9 Å². The van der Waals surface area contributed by atoms with Gasteiger partial charge >= 0.3 is 6.09 Å². The summed E-state index contributed by atoms with van der Waals surface area (Å²) in [5.41, 5.74) is 4.74. The highest BCUT2D eigenvalue weighted by molar-refractivity contribution is 7.15. The molecule has 2 aliphatic rings. The van der Waals surface area contributed by atoms with Crippen LogP contribution in [0.2, 0.25) is 0 Å². The van der Waals surface area contributed by atoms with Gasteiger partial charge in [-0.25, -0.2) is 9.78 Å². The number of carbonyl (C=O) groups is 2. The lowest BCUT2D eigenvalue weighted by molar-refractivity contribution is -0.130. The van der Waals surface area contributed by atoms with Gasteiger partial charge in [0.05, 0.1) is 33.9 Å². The molecule has 0 spiro atoms. The Morgan fingerprint density at radius 1 is 1.08 bits per heavy atom. The summed E-state index contributed by atoms with van der Waals surface area (Å²) in [6, 6.07) is 8.40. The fraction of sp³-hybridized carbons (Fsp3) is 0.370. The summed E-state index contributed by atoms with van der Waals surface area (Å²) in [6.07, 6.45) is 5.13. The monoisotopic (exact) mass is 516 g/mol. The van der Waals surface area contributed by atoms with Crippen LogP contribution in [-0.2, 0) is 17.8 Å². The van der Waals surface area contributed by atoms with Gasteiger partial charge in [0.2, 0.25) is 5.91 Å². The van der Waals surface area contributed by atoms with Crippen LogP contribution in [-0.4, -0.2) is 66.3 Å². The van der Waals surface area contributed by atoms with Crippen LogP contribution in [0.25, 0.3) is 32.6 Å². The highest BCUT2D eigenvalue weighted by Gasteiger charge is 2.32. The molecule has 4 aromatic rings. The maximum Gasteiger partial charge on any atom is 0.407 e. The van der Waals surface area contributed by atoms with Gasteiger partial charge in [0.15, 0.2) is 0 Å². The van der Waals surface area contributed by atoms with Crippen molar-refractivity contribution in [3.05, 3.63) is 52.9 Å². The van der Waals surface area contributed by atoms with E-state index in [0.717, 1.165) is 61.7 Å². The second kappa shape index (κ2) is 9.26. The number of aryl methyl sites for hydroxylation is 1. The maximum absolute atomic E-state index is 11.9. The van der Waals surface area contributed by atoms with Crippen molar-refractivity contribution >= 4 is 34.1 Å². The number of benzene rings is 1. The molecule has 0 aliphatic carbocycles. The molecule has 1 saturated heterocycles. The smallest absolute Gasteiger partial charge is 0.407 e. The van der Waals surface area contributed by atoms with Crippen LogP contribution >= 0.6 is 11.3 Å². The standard InChI is InChI=1S/C27H28N6O3S/c1-16-28-14-25(37-16)23-12-18-4-3-5-20(21(18)13-29-23)26-22-15-32(27(35)36)11-8-24(22)33(30-26)19-6-9-31(10-7-19)17(2)34/h3-5,12-14,19H,6-11,15H2,1-2H3,(H,35,36). The Bertz CT molecular complexity index is 1520. The summed E-state index contributed by atoms with van der Waals surface area (Å²) in [5.74, 6) is 0.106. The fourth-order valence-corrected chi connectivity index (χ4v) is 6.29. The summed E-state index contributed by atoms with van der Waals surface area (Å²) < 4.78 is 2.13. The highest BCUT2D eigenvalue weighted by Crippen LogP contribution is 2.38. The van der Waals surface area contributed by atoms with Crippen molar-refractivity contribution in [3.8, 4) is 21.8 Å². The average molecular weight is 517 g/mol. The lowest BCUT2D eigenvalue weighted by Crippen LogP contribution is -2.39. The van der Waals surface area contributed by atoms with Crippen LogP contribution in [0.15, 0.2) is 36.7 Å². The molecule has 1 N–H and O–H groups in total. The predicted octanol–water partition coefficient (Wildman–Crippen LogP) is 4.75. The first kappa shape index (κ1) is 23.6. The summed E-state index contributed by atoms with van der Waals surface area (Å²) >= 11 is 1.62. The van der Waals surface area contributed by atoms with E-state index in [9.17, 15) is 14.7 Å². The average Bonchev–Trinajstić information content (AvgIpc) is 3.51. The fourth-order valence-electron chi connectivity index (χ4n) is 5.55. The molecule has 0 saturated carbocycles. The minimum absolute atomic E-state index is 0.106. The zero-order valence-corrected chi connectivity index (χ0v) is 21.7. The molecule has 0 bridgehead atoms. The van der Waals surface area contributed by atoms with E-state index in [2.05, 4.69) is 21.8 Å². The first-order valence-electron chi connectivity index (χ1n) is 12.5. The molecular formula is C27H28N6O3S. The van der Waals surface area contributed by atoms with E-state index < -0.39 is 6.09 Å². The molecule has 37 heavy (non-hydrogen) atoms. The Balaban J connectivity index is 1.44. The summed E-state index contributed by atoms with van der Waals surface area (Å²) in [7, 11) is 0. The summed E-state index contributed by atoms with van der Waals surface area (Å²) in [5, 5.41) is 17.9. The van der Waals surface area contributed by atoms with E-state index in [4.69, 9.17) is 10.1 Å². The van der Waals surface area contributed by atoms with Gasteiger partial charge in [-0.05, 0) is 31.2 Å². The Kier molecular flexibility index (Phi) is 5.91. The van der Waals surface area contributed by atoms with Gasteiger partial charge in [0.25, 0.3) is 0 Å². The lowest BCUT2D eigenvalue weighted by atomic mass is 9.97. The number of piperidine rings is 1. The Morgan fingerprint density at radius 3 is 2.59 bits per heavy atom. The van der Waals surface area contributed by atoms with Crippen LogP contribution in [0.3, 0.4) is 0 Å². The molecule has 2 amide bonds. The molecular weight excluding hydrogens is 488 g/mol. The summed E-state index contributed by atoms with van der Waals surface area (Å²) in [4.78, 5) is 37.2. The maximum atomic E-state index is 11.9. The van der Waals surface area contributed by atoms with Gasteiger partial charge in [0, 0.05) is 67.6 Å². The number of amides is 2. The number of thiazole rings is 1. The molecule has 0 unspecified atom stereocenters. The molecule has 190 valence electrons. The van der Waals surface area contributed by atoms with Crippen molar-refractivity contribution in [1.82, 2.24) is 29.5 Å². The number of nitrogens with zero attached hydrogens (tertiary/aromatic N) is 6.